The standard InChI is InChI=1S/C25H33N5O10/c26-29-27-5-6-35-7-8-36-9-10-37-11-12-38-13-14-39-15-16-40-18-1-2-19-20(17-18)25(34)30(24(19)33)21-3-4-22(31)28-23(21)32/h1-2,17,21H,3-16H2,(H,28,31,32). The Bertz CT molecular complexity index is 1080. The number of nitrogens with one attached hydrogen (secondary N) is 1. The molecule has 1 atom stereocenters. The van der Waals surface area contributed by atoms with Crippen LogP contribution in [0.2, 0.25) is 0 Å². The summed E-state index contributed by atoms with van der Waals surface area (Å²) in [7, 11) is 0. The van der Waals surface area contributed by atoms with Gasteiger partial charge in [0.1, 0.15) is 18.4 Å². The minimum Gasteiger partial charge on any atom is -0.491 e. The maximum Gasteiger partial charge on any atom is 0.262 e. The molecule has 1 saturated heterocycles. The highest BCUT2D eigenvalue weighted by Gasteiger charge is 2.44. The Morgan fingerprint density at radius 1 is 0.800 bits per heavy atom. The van der Waals surface area contributed by atoms with Crippen LogP contribution in [0, 0.1) is 0 Å². The van der Waals surface area contributed by atoms with Crippen molar-refractivity contribution >= 4 is 23.6 Å². The first-order valence-corrected chi connectivity index (χ1v) is 12.9. The number of hydrogen-bond acceptors (Lipinski definition) is 11. The highest BCUT2D eigenvalue weighted by Crippen LogP contribution is 2.30. The molecular weight excluding hydrogens is 530 g/mol. The van der Waals surface area contributed by atoms with Crippen LogP contribution in [0.25, 0.3) is 10.4 Å². The van der Waals surface area contributed by atoms with Crippen molar-refractivity contribution in [2.45, 2.75) is 18.9 Å². The number of carbonyl (C=O) groups excluding carboxylic acids is 4. The van der Waals surface area contributed by atoms with E-state index < -0.39 is 29.7 Å². The fraction of sp³-hybridized carbons (Fsp3) is 0.600. The van der Waals surface area contributed by atoms with Crippen LogP contribution >= 0.6 is 0 Å². The van der Waals surface area contributed by atoms with Crippen molar-refractivity contribution in [2.24, 2.45) is 5.11 Å². The van der Waals surface area contributed by atoms with Gasteiger partial charge in [0.05, 0.1) is 77.2 Å². The van der Waals surface area contributed by atoms with Gasteiger partial charge >= 0.3 is 0 Å². The zero-order valence-corrected chi connectivity index (χ0v) is 22.1. The molecule has 218 valence electrons. The summed E-state index contributed by atoms with van der Waals surface area (Å²) in [5, 5.41) is 5.52. The number of hydrogen-bond donors (Lipinski definition) is 1. The molecular formula is C25H33N5O10. The lowest BCUT2D eigenvalue weighted by Gasteiger charge is -2.27. The van der Waals surface area contributed by atoms with Crippen molar-refractivity contribution in [3.8, 4) is 5.75 Å². The molecule has 15 heteroatoms. The second-order valence-electron chi connectivity index (χ2n) is 8.52. The quantitative estimate of drug-likeness (QED) is 0.0783. The normalized spacial score (nSPS) is 16.6. The minimum absolute atomic E-state index is 0.0630. The van der Waals surface area contributed by atoms with E-state index in [1.807, 2.05) is 0 Å². The fourth-order valence-corrected chi connectivity index (χ4v) is 3.89. The van der Waals surface area contributed by atoms with Gasteiger partial charge in [-0.05, 0) is 30.2 Å². The smallest absolute Gasteiger partial charge is 0.262 e. The molecule has 0 saturated carbocycles. The van der Waals surface area contributed by atoms with Gasteiger partial charge in [0, 0.05) is 17.9 Å². The lowest BCUT2D eigenvalue weighted by atomic mass is 10.0. The van der Waals surface area contributed by atoms with E-state index in [1.165, 1.54) is 12.1 Å². The molecule has 0 radical (unpaired) electrons. The van der Waals surface area contributed by atoms with E-state index in [-0.39, 0.29) is 30.6 Å². The number of amides is 4. The zero-order chi connectivity index (χ0) is 28.6. The lowest BCUT2D eigenvalue weighted by Crippen LogP contribution is -2.54. The minimum atomic E-state index is -1.01. The van der Waals surface area contributed by atoms with Crippen LogP contribution in [0.5, 0.6) is 5.75 Å². The summed E-state index contributed by atoms with van der Waals surface area (Å²) < 4.78 is 32.5. The molecule has 1 aromatic rings. The van der Waals surface area contributed by atoms with E-state index in [4.69, 9.17) is 34.0 Å². The first kappa shape index (κ1) is 30.9. The molecule has 1 aromatic carbocycles. The lowest BCUT2D eigenvalue weighted by molar-refractivity contribution is -0.136. The molecule has 15 nitrogen and oxygen atoms in total. The van der Waals surface area contributed by atoms with Gasteiger partial charge < -0.3 is 28.4 Å². The van der Waals surface area contributed by atoms with Crippen LogP contribution in [0.4, 0.5) is 0 Å². The largest absolute Gasteiger partial charge is 0.491 e. The van der Waals surface area contributed by atoms with E-state index in [0.717, 1.165) is 4.90 Å². The SMILES string of the molecule is [N-]=[N+]=NCCOCCOCCOCCOCCOCCOc1ccc2c(c1)C(=O)N(C1CCC(=O)NC1=O)C2=O. The third kappa shape index (κ3) is 9.55. The van der Waals surface area contributed by atoms with Gasteiger partial charge in [-0.1, -0.05) is 5.11 Å². The summed E-state index contributed by atoms with van der Waals surface area (Å²) in [6.07, 6.45) is 0.163. The predicted octanol–water partition coefficient (Wildman–Crippen LogP) is 0.860. The number of azide groups is 1. The first-order chi connectivity index (χ1) is 19.5. The maximum atomic E-state index is 12.9. The van der Waals surface area contributed by atoms with Gasteiger partial charge in [-0.25, -0.2) is 0 Å². The van der Waals surface area contributed by atoms with Crippen LogP contribution in [-0.2, 0) is 33.3 Å². The topological polar surface area (TPSA) is 188 Å². The van der Waals surface area contributed by atoms with Crippen molar-refractivity contribution in [2.75, 3.05) is 79.2 Å². The van der Waals surface area contributed by atoms with Gasteiger partial charge in [-0.2, -0.15) is 0 Å². The molecule has 0 bridgehead atoms. The van der Waals surface area contributed by atoms with Crippen LogP contribution in [0.3, 0.4) is 0 Å². The van der Waals surface area contributed by atoms with Gasteiger partial charge in [0.15, 0.2) is 0 Å². The Kier molecular flexibility index (Phi) is 13.3. The Morgan fingerprint density at radius 3 is 1.93 bits per heavy atom. The molecule has 0 spiro atoms. The van der Waals surface area contributed by atoms with E-state index in [1.54, 1.807) is 6.07 Å². The predicted molar refractivity (Wildman–Crippen MR) is 137 cm³/mol. The summed E-state index contributed by atoms with van der Waals surface area (Å²) in [4.78, 5) is 52.7. The van der Waals surface area contributed by atoms with Crippen LogP contribution < -0.4 is 10.1 Å². The summed E-state index contributed by atoms with van der Waals surface area (Å²) >= 11 is 0. The Morgan fingerprint density at radius 2 is 1.35 bits per heavy atom. The second kappa shape index (κ2) is 17.2. The van der Waals surface area contributed by atoms with Crippen molar-refractivity contribution in [1.82, 2.24) is 10.2 Å². The molecule has 40 heavy (non-hydrogen) atoms. The second-order valence-corrected chi connectivity index (χ2v) is 8.52. The number of ether oxygens (including phenoxy) is 6. The summed E-state index contributed by atoms with van der Waals surface area (Å²) in [5.41, 5.74) is 8.48. The molecule has 1 N–H and O–H groups in total. The number of carbonyl (C=O) groups is 4. The first-order valence-electron chi connectivity index (χ1n) is 12.9. The molecule has 2 heterocycles. The molecule has 1 fully saturated rings. The number of rotatable bonds is 20. The number of imide groups is 2. The van der Waals surface area contributed by atoms with Crippen LogP contribution in [0.1, 0.15) is 33.6 Å². The fourth-order valence-electron chi connectivity index (χ4n) is 3.89. The van der Waals surface area contributed by atoms with Gasteiger partial charge in [0.2, 0.25) is 11.8 Å². The van der Waals surface area contributed by atoms with Gasteiger partial charge in [-0.15, -0.1) is 0 Å². The van der Waals surface area contributed by atoms with Crippen molar-refractivity contribution < 1.29 is 47.6 Å². The van der Waals surface area contributed by atoms with E-state index >= 15 is 0 Å². The monoisotopic (exact) mass is 563 g/mol. The van der Waals surface area contributed by atoms with Crippen molar-refractivity contribution in [1.29, 1.82) is 0 Å². The summed E-state index contributed by atoms with van der Waals surface area (Å²) in [6, 6.07) is 3.53. The highest BCUT2D eigenvalue weighted by atomic mass is 16.6. The zero-order valence-electron chi connectivity index (χ0n) is 22.1. The molecule has 4 amide bonds. The highest BCUT2D eigenvalue weighted by molar-refractivity contribution is 6.23. The molecule has 3 rings (SSSR count). The number of nitrogens with zero attached hydrogens (tertiary/aromatic N) is 4. The van der Waals surface area contributed by atoms with Gasteiger partial charge in [-0.3, -0.25) is 29.4 Å². The third-order valence-corrected chi connectivity index (χ3v) is 5.79. The molecule has 1 unspecified atom stereocenters. The number of benzene rings is 1. The average Bonchev–Trinajstić information content (AvgIpc) is 3.19. The van der Waals surface area contributed by atoms with E-state index in [9.17, 15) is 19.2 Å². The Balaban J connectivity index is 1.19. The van der Waals surface area contributed by atoms with Crippen molar-refractivity contribution in [3.05, 3.63) is 39.8 Å². The maximum absolute atomic E-state index is 12.9. The number of piperidine rings is 1. The van der Waals surface area contributed by atoms with E-state index in [0.29, 0.717) is 78.4 Å². The van der Waals surface area contributed by atoms with Crippen molar-refractivity contribution in [3.63, 3.8) is 0 Å². The third-order valence-electron chi connectivity index (χ3n) is 5.79. The van der Waals surface area contributed by atoms with Crippen LogP contribution in [0.15, 0.2) is 23.3 Å². The van der Waals surface area contributed by atoms with E-state index in [2.05, 4.69) is 15.3 Å². The Hall–Kier alpha value is -3.59. The average molecular weight is 564 g/mol. The number of fused-ring (bicyclic) bond motifs is 1. The molecule has 0 aromatic heterocycles. The van der Waals surface area contributed by atoms with Gasteiger partial charge in [0.25, 0.3) is 11.8 Å². The summed E-state index contributed by atoms with van der Waals surface area (Å²) in [6.45, 7) is 4.52. The Labute approximate surface area is 230 Å². The molecule has 2 aliphatic heterocycles. The molecule has 0 aliphatic carbocycles. The molecule has 2 aliphatic rings. The van der Waals surface area contributed by atoms with Crippen LogP contribution in [-0.4, -0.2) is 114 Å². The summed E-state index contributed by atoms with van der Waals surface area (Å²) in [5.74, 6) is -1.84.